The number of ether oxygens (including phenoxy) is 1. The summed E-state index contributed by atoms with van der Waals surface area (Å²) in [4.78, 5) is 15.0. The predicted octanol–water partition coefficient (Wildman–Crippen LogP) is 1.19. The first-order valence-electron chi connectivity index (χ1n) is 3.68. The molecule has 0 bridgehead atoms. The monoisotopic (exact) mass is 176 g/mol. The van der Waals surface area contributed by atoms with Crippen molar-refractivity contribution in [3.8, 4) is 11.9 Å². The van der Waals surface area contributed by atoms with Gasteiger partial charge in [-0.1, -0.05) is 0 Å². The van der Waals surface area contributed by atoms with E-state index in [-0.39, 0.29) is 12.2 Å². The summed E-state index contributed by atoms with van der Waals surface area (Å²) < 4.78 is 4.82. The first-order chi connectivity index (χ1) is 6.27. The highest BCUT2D eigenvalue weighted by Crippen LogP contribution is 2.07. The van der Waals surface area contributed by atoms with Gasteiger partial charge in [0, 0.05) is 17.8 Å². The van der Waals surface area contributed by atoms with E-state index in [9.17, 15) is 4.79 Å². The molecular formula is C9H8N2O2. The summed E-state index contributed by atoms with van der Waals surface area (Å²) in [5.41, 5.74) is 0.433. The molecule has 1 aromatic rings. The van der Waals surface area contributed by atoms with E-state index in [1.54, 1.807) is 18.2 Å². The molecule has 0 saturated carbocycles. The quantitative estimate of drug-likeness (QED) is 0.649. The summed E-state index contributed by atoms with van der Waals surface area (Å²) in [6.07, 6.45) is 1.28. The topological polar surface area (TPSA) is 63.0 Å². The van der Waals surface area contributed by atoms with Crippen molar-refractivity contribution in [3.63, 3.8) is 0 Å². The molecule has 0 aromatic carbocycles. The third-order valence-corrected chi connectivity index (χ3v) is 1.51. The van der Waals surface area contributed by atoms with Gasteiger partial charge in [0.1, 0.15) is 0 Å². The van der Waals surface area contributed by atoms with E-state index < -0.39 is 0 Å². The zero-order valence-corrected chi connectivity index (χ0v) is 7.15. The van der Waals surface area contributed by atoms with Crippen molar-refractivity contribution in [3.05, 3.63) is 23.9 Å². The smallest absolute Gasteiger partial charge is 0.212 e. The Morgan fingerprint density at radius 2 is 2.46 bits per heavy atom. The van der Waals surface area contributed by atoms with E-state index in [0.29, 0.717) is 11.4 Å². The summed E-state index contributed by atoms with van der Waals surface area (Å²) in [5.74, 6) is 0.228. The summed E-state index contributed by atoms with van der Waals surface area (Å²) >= 11 is 0. The lowest BCUT2D eigenvalue weighted by atomic mass is 10.1. The fourth-order valence-corrected chi connectivity index (χ4v) is 0.840. The zero-order chi connectivity index (χ0) is 9.68. The van der Waals surface area contributed by atoms with Crippen LogP contribution in [0.25, 0.3) is 0 Å². The Balaban J connectivity index is 2.81. The lowest BCUT2D eigenvalue weighted by molar-refractivity contribution is 0.0997. The molecule has 1 heterocycles. The minimum atomic E-state index is -0.224. The van der Waals surface area contributed by atoms with Crippen LogP contribution in [0.4, 0.5) is 0 Å². The van der Waals surface area contributed by atoms with Crippen LogP contribution in [0.2, 0.25) is 0 Å². The fraction of sp³-hybridized carbons (Fsp3) is 0.222. The molecule has 0 radical (unpaired) electrons. The number of nitrogens with zero attached hydrogens (tertiary/aromatic N) is 2. The van der Waals surface area contributed by atoms with E-state index in [1.807, 2.05) is 0 Å². The molecule has 1 aromatic heterocycles. The number of ketones is 1. The van der Waals surface area contributed by atoms with Crippen LogP contribution in [0.3, 0.4) is 0 Å². The maximum Gasteiger partial charge on any atom is 0.212 e. The molecule has 0 aliphatic rings. The molecule has 0 aliphatic heterocycles. The lowest BCUT2D eigenvalue weighted by Gasteiger charge is -1.98. The first kappa shape index (κ1) is 9.20. The van der Waals surface area contributed by atoms with Crippen molar-refractivity contribution < 1.29 is 9.53 Å². The molecule has 0 unspecified atom stereocenters. The largest absolute Gasteiger partial charge is 0.481 e. The number of pyridine rings is 1. The normalized spacial score (nSPS) is 8.92. The lowest BCUT2D eigenvalue weighted by Crippen LogP contribution is -1.98. The van der Waals surface area contributed by atoms with Gasteiger partial charge in [-0.3, -0.25) is 4.79 Å². The van der Waals surface area contributed by atoms with E-state index in [1.165, 1.54) is 13.3 Å². The van der Waals surface area contributed by atoms with Crippen LogP contribution in [-0.4, -0.2) is 17.9 Å². The van der Waals surface area contributed by atoms with Gasteiger partial charge in [0.2, 0.25) is 5.88 Å². The Labute approximate surface area is 75.8 Å². The molecule has 0 saturated heterocycles. The van der Waals surface area contributed by atoms with Crippen LogP contribution in [0.1, 0.15) is 16.8 Å². The minimum absolute atomic E-state index is 0.117. The standard InChI is InChI=1S/C9H8N2O2/c1-13-9-3-2-7(6-11-9)8(12)4-5-10/h2-3,6H,4H2,1H3. The second-order valence-electron chi connectivity index (χ2n) is 2.35. The van der Waals surface area contributed by atoms with Crippen LogP contribution in [0.5, 0.6) is 5.88 Å². The third kappa shape index (κ3) is 2.27. The maximum absolute atomic E-state index is 11.1. The summed E-state index contributed by atoms with van der Waals surface area (Å²) in [5, 5.41) is 8.28. The molecule has 1 rings (SSSR count). The van der Waals surface area contributed by atoms with Crippen LogP contribution in [0.15, 0.2) is 18.3 Å². The Bertz CT molecular complexity index is 338. The van der Waals surface area contributed by atoms with Crippen molar-refractivity contribution in [2.24, 2.45) is 0 Å². The highest BCUT2D eigenvalue weighted by atomic mass is 16.5. The van der Waals surface area contributed by atoms with Crippen LogP contribution < -0.4 is 4.74 Å². The van der Waals surface area contributed by atoms with Crippen molar-refractivity contribution in [1.82, 2.24) is 4.98 Å². The molecule has 4 heteroatoms. The van der Waals surface area contributed by atoms with Crippen LogP contribution >= 0.6 is 0 Å². The average Bonchev–Trinajstić information content (AvgIpc) is 2.18. The molecule has 0 N–H and O–H groups in total. The van der Waals surface area contributed by atoms with E-state index >= 15 is 0 Å². The molecule has 0 spiro atoms. The Morgan fingerprint density at radius 1 is 1.69 bits per heavy atom. The summed E-state index contributed by atoms with van der Waals surface area (Å²) in [7, 11) is 1.50. The number of methoxy groups -OCH3 is 1. The van der Waals surface area contributed by atoms with Gasteiger partial charge in [-0.05, 0) is 6.07 Å². The van der Waals surface area contributed by atoms with E-state index in [2.05, 4.69) is 4.98 Å². The number of nitriles is 1. The average molecular weight is 176 g/mol. The Morgan fingerprint density at radius 3 is 2.92 bits per heavy atom. The molecule has 0 aliphatic carbocycles. The number of aromatic nitrogens is 1. The van der Waals surface area contributed by atoms with Gasteiger partial charge in [0.15, 0.2) is 5.78 Å². The molecule has 4 nitrogen and oxygen atoms in total. The van der Waals surface area contributed by atoms with E-state index in [4.69, 9.17) is 10.00 Å². The molecular weight excluding hydrogens is 168 g/mol. The number of carbonyl (C=O) groups is 1. The Kier molecular flexibility index (Phi) is 2.98. The van der Waals surface area contributed by atoms with Crippen LogP contribution in [0, 0.1) is 11.3 Å². The third-order valence-electron chi connectivity index (χ3n) is 1.51. The van der Waals surface area contributed by atoms with Crippen molar-refractivity contribution >= 4 is 5.78 Å². The number of rotatable bonds is 3. The van der Waals surface area contributed by atoms with Gasteiger partial charge in [-0.15, -0.1) is 0 Å². The number of hydrogen-bond acceptors (Lipinski definition) is 4. The Hall–Kier alpha value is -1.89. The number of carbonyl (C=O) groups excluding carboxylic acids is 1. The summed E-state index contributed by atoms with van der Waals surface area (Å²) in [6.45, 7) is 0. The second kappa shape index (κ2) is 4.21. The van der Waals surface area contributed by atoms with Gasteiger partial charge in [0.05, 0.1) is 19.6 Å². The van der Waals surface area contributed by atoms with Crippen molar-refractivity contribution in [1.29, 1.82) is 5.26 Å². The van der Waals surface area contributed by atoms with Gasteiger partial charge in [-0.2, -0.15) is 5.26 Å². The fourth-order valence-electron chi connectivity index (χ4n) is 0.840. The molecule has 13 heavy (non-hydrogen) atoms. The van der Waals surface area contributed by atoms with Gasteiger partial charge in [0.25, 0.3) is 0 Å². The molecule has 0 atom stereocenters. The van der Waals surface area contributed by atoms with Crippen molar-refractivity contribution in [2.75, 3.05) is 7.11 Å². The van der Waals surface area contributed by atoms with Crippen LogP contribution in [-0.2, 0) is 0 Å². The number of Topliss-reactive ketones (excluding diaryl/α,β-unsaturated/α-hetero) is 1. The second-order valence-corrected chi connectivity index (χ2v) is 2.35. The number of hydrogen-bond donors (Lipinski definition) is 0. The SMILES string of the molecule is COc1ccc(C(=O)CC#N)cn1. The van der Waals surface area contributed by atoms with E-state index in [0.717, 1.165) is 0 Å². The predicted molar refractivity (Wildman–Crippen MR) is 45.3 cm³/mol. The highest BCUT2D eigenvalue weighted by molar-refractivity contribution is 5.97. The van der Waals surface area contributed by atoms with Gasteiger partial charge >= 0.3 is 0 Å². The van der Waals surface area contributed by atoms with Gasteiger partial charge in [-0.25, -0.2) is 4.98 Å². The molecule has 66 valence electrons. The molecule has 0 fully saturated rings. The maximum atomic E-state index is 11.1. The minimum Gasteiger partial charge on any atom is -0.481 e. The van der Waals surface area contributed by atoms with Gasteiger partial charge < -0.3 is 4.74 Å². The zero-order valence-electron chi connectivity index (χ0n) is 7.15. The summed E-state index contributed by atoms with van der Waals surface area (Å²) in [6, 6.07) is 4.96. The first-order valence-corrected chi connectivity index (χ1v) is 3.68. The molecule has 0 amide bonds. The highest BCUT2D eigenvalue weighted by Gasteiger charge is 2.04. The van der Waals surface area contributed by atoms with Crippen molar-refractivity contribution in [2.45, 2.75) is 6.42 Å².